The highest BCUT2D eigenvalue weighted by Crippen LogP contribution is 2.30. The molecule has 0 unspecified atom stereocenters. The molecule has 0 atom stereocenters. The molecule has 3 heterocycles. The average Bonchev–Trinajstić information content (AvgIpc) is 3.30. The molecule has 2 aromatic carbocycles. The minimum atomic E-state index is -0.0661. The number of thioether (sulfide) groups is 1. The molecule has 3 aromatic heterocycles. The number of aromatic nitrogens is 4. The van der Waals surface area contributed by atoms with E-state index in [-0.39, 0.29) is 5.56 Å². The minimum absolute atomic E-state index is 0.0661. The molecule has 5 rings (SSSR count). The number of rotatable bonds is 5. The first kappa shape index (κ1) is 18.6. The molecule has 0 saturated heterocycles. The number of thiazole rings is 1. The SMILES string of the molecule is O=c1cc(CSc2nnc(Nc3cccc(Cl)c3)s2)nc2sc3ccccc3n12. The molecule has 10 heteroatoms. The van der Waals surface area contributed by atoms with E-state index in [1.54, 1.807) is 10.5 Å². The van der Waals surface area contributed by atoms with Gasteiger partial charge in [0.15, 0.2) is 9.30 Å². The zero-order chi connectivity index (χ0) is 19.8. The van der Waals surface area contributed by atoms with Gasteiger partial charge in [-0.2, -0.15) is 0 Å². The van der Waals surface area contributed by atoms with Crippen LogP contribution in [0.15, 0.2) is 63.7 Å². The number of nitrogens with one attached hydrogen (secondary N) is 1. The number of para-hydroxylation sites is 1. The van der Waals surface area contributed by atoms with Gasteiger partial charge in [0.05, 0.1) is 15.9 Å². The normalized spacial score (nSPS) is 11.3. The second kappa shape index (κ2) is 7.75. The molecule has 5 aromatic rings. The van der Waals surface area contributed by atoms with Crippen molar-refractivity contribution in [3.8, 4) is 0 Å². The fraction of sp³-hybridized carbons (Fsp3) is 0.0526. The highest BCUT2D eigenvalue weighted by Gasteiger charge is 2.11. The van der Waals surface area contributed by atoms with Gasteiger partial charge in [-0.1, -0.05) is 64.2 Å². The third-order valence-electron chi connectivity index (χ3n) is 4.07. The largest absolute Gasteiger partial charge is 0.330 e. The smallest absolute Gasteiger partial charge is 0.259 e. The van der Waals surface area contributed by atoms with Gasteiger partial charge in [0.25, 0.3) is 5.56 Å². The van der Waals surface area contributed by atoms with Crippen LogP contribution in [0.1, 0.15) is 5.69 Å². The quantitative estimate of drug-likeness (QED) is 0.354. The summed E-state index contributed by atoms with van der Waals surface area (Å²) in [5.74, 6) is 0.547. The number of benzene rings is 2. The van der Waals surface area contributed by atoms with Crippen LogP contribution in [0.2, 0.25) is 5.02 Å². The van der Waals surface area contributed by atoms with Crippen LogP contribution in [-0.2, 0) is 5.75 Å². The highest BCUT2D eigenvalue weighted by atomic mass is 35.5. The third-order valence-corrected chi connectivity index (χ3v) is 7.34. The Labute approximate surface area is 182 Å². The summed E-state index contributed by atoms with van der Waals surface area (Å²) in [6.07, 6.45) is 0. The summed E-state index contributed by atoms with van der Waals surface area (Å²) in [7, 11) is 0. The van der Waals surface area contributed by atoms with Crippen molar-refractivity contribution in [3.05, 3.63) is 75.7 Å². The Kier molecular flexibility index (Phi) is 4.96. The van der Waals surface area contributed by atoms with Gasteiger partial charge >= 0.3 is 0 Å². The van der Waals surface area contributed by atoms with Crippen LogP contribution < -0.4 is 10.9 Å². The molecule has 29 heavy (non-hydrogen) atoms. The average molecular weight is 458 g/mol. The topological polar surface area (TPSA) is 72.2 Å². The van der Waals surface area contributed by atoms with Crippen LogP contribution in [0.25, 0.3) is 15.2 Å². The van der Waals surface area contributed by atoms with Crippen molar-refractivity contribution in [1.82, 2.24) is 19.6 Å². The Morgan fingerprint density at radius 3 is 2.86 bits per heavy atom. The van der Waals surface area contributed by atoms with Gasteiger partial charge in [0, 0.05) is 22.5 Å². The fourth-order valence-electron chi connectivity index (χ4n) is 2.84. The first-order valence-corrected chi connectivity index (χ1v) is 11.5. The van der Waals surface area contributed by atoms with Crippen molar-refractivity contribution in [2.75, 3.05) is 5.32 Å². The van der Waals surface area contributed by atoms with Crippen LogP contribution in [0.4, 0.5) is 10.8 Å². The molecular formula is C19H12ClN5OS3. The lowest BCUT2D eigenvalue weighted by molar-refractivity contribution is 1.01. The van der Waals surface area contributed by atoms with E-state index < -0.39 is 0 Å². The summed E-state index contributed by atoms with van der Waals surface area (Å²) in [6.45, 7) is 0. The lowest BCUT2D eigenvalue weighted by atomic mass is 10.3. The van der Waals surface area contributed by atoms with Crippen LogP contribution >= 0.6 is 46.0 Å². The predicted octanol–water partition coefficient (Wildman–Crippen LogP) is 5.45. The van der Waals surface area contributed by atoms with Crippen LogP contribution in [0, 0.1) is 0 Å². The highest BCUT2D eigenvalue weighted by molar-refractivity contribution is 8.00. The summed E-state index contributed by atoms with van der Waals surface area (Å²) in [6, 6.07) is 16.8. The molecule has 0 amide bonds. The standard InChI is InChI=1S/C19H12ClN5OS3/c20-11-4-3-5-12(8-11)21-17-23-24-19(29-17)27-10-13-9-16(26)25-14-6-1-2-7-15(14)28-18(25)22-13/h1-9H,10H2,(H,21,23). The molecular weight excluding hydrogens is 446 g/mol. The molecule has 144 valence electrons. The zero-order valence-corrected chi connectivity index (χ0v) is 17.9. The second-order valence-electron chi connectivity index (χ2n) is 6.07. The number of nitrogens with zero attached hydrogens (tertiary/aromatic N) is 4. The maximum Gasteiger partial charge on any atom is 0.259 e. The molecule has 0 radical (unpaired) electrons. The van der Waals surface area contributed by atoms with Crippen molar-refractivity contribution in [2.24, 2.45) is 0 Å². The van der Waals surface area contributed by atoms with Gasteiger partial charge in [0.1, 0.15) is 0 Å². The van der Waals surface area contributed by atoms with E-state index in [1.165, 1.54) is 34.4 Å². The van der Waals surface area contributed by atoms with Crippen molar-refractivity contribution in [2.45, 2.75) is 10.1 Å². The fourth-order valence-corrected chi connectivity index (χ4v) is 5.75. The number of halogens is 1. The van der Waals surface area contributed by atoms with Gasteiger partial charge in [-0.05, 0) is 30.3 Å². The van der Waals surface area contributed by atoms with Gasteiger partial charge in [-0.25, -0.2) is 4.98 Å². The minimum Gasteiger partial charge on any atom is -0.330 e. The van der Waals surface area contributed by atoms with E-state index in [1.807, 2.05) is 48.5 Å². The molecule has 0 bridgehead atoms. The van der Waals surface area contributed by atoms with E-state index in [0.29, 0.717) is 20.9 Å². The lowest BCUT2D eigenvalue weighted by Crippen LogP contribution is -2.13. The Bertz CT molecular complexity index is 1390. The predicted molar refractivity (Wildman–Crippen MR) is 121 cm³/mol. The number of fused-ring (bicyclic) bond motifs is 3. The molecule has 0 saturated carbocycles. The van der Waals surface area contributed by atoms with Crippen LogP contribution in [0.5, 0.6) is 0 Å². The van der Waals surface area contributed by atoms with E-state index >= 15 is 0 Å². The second-order valence-corrected chi connectivity index (χ2v) is 9.72. The molecule has 0 aliphatic rings. The molecule has 0 fully saturated rings. The lowest BCUT2D eigenvalue weighted by Gasteiger charge is -2.01. The summed E-state index contributed by atoms with van der Waals surface area (Å²) in [5.41, 5.74) is 2.41. The van der Waals surface area contributed by atoms with Gasteiger partial charge < -0.3 is 5.32 Å². The Hall–Kier alpha value is -2.46. The first-order chi connectivity index (χ1) is 14.2. The molecule has 0 aliphatic carbocycles. The summed E-state index contributed by atoms with van der Waals surface area (Å²) in [4.78, 5) is 18.0. The van der Waals surface area contributed by atoms with Gasteiger partial charge in [0.2, 0.25) is 5.13 Å². The van der Waals surface area contributed by atoms with Crippen molar-refractivity contribution in [3.63, 3.8) is 0 Å². The van der Waals surface area contributed by atoms with Gasteiger partial charge in [-0.15, -0.1) is 10.2 Å². The van der Waals surface area contributed by atoms with E-state index in [9.17, 15) is 4.79 Å². The maximum absolute atomic E-state index is 12.6. The Morgan fingerprint density at radius 1 is 1.07 bits per heavy atom. The molecule has 6 nitrogen and oxygen atoms in total. The number of hydrogen-bond donors (Lipinski definition) is 1. The third kappa shape index (κ3) is 3.86. The van der Waals surface area contributed by atoms with Crippen LogP contribution in [-0.4, -0.2) is 19.6 Å². The summed E-state index contributed by atoms with van der Waals surface area (Å²) in [5, 5.41) is 12.9. The number of anilines is 2. The molecule has 0 spiro atoms. The number of hydrogen-bond acceptors (Lipinski definition) is 8. The Morgan fingerprint density at radius 2 is 1.97 bits per heavy atom. The van der Waals surface area contributed by atoms with Crippen molar-refractivity contribution in [1.29, 1.82) is 0 Å². The monoisotopic (exact) mass is 457 g/mol. The summed E-state index contributed by atoms with van der Waals surface area (Å²) >= 11 is 10.5. The van der Waals surface area contributed by atoms with Gasteiger partial charge in [-0.3, -0.25) is 9.20 Å². The zero-order valence-electron chi connectivity index (χ0n) is 14.7. The molecule has 1 N–H and O–H groups in total. The maximum atomic E-state index is 12.6. The van der Waals surface area contributed by atoms with Crippen LogP contribution in [0.3, 0.4) is 0 Å². The van der Waals surface area contributed by atoms with E-state index in [4.69, 9.17) is 11.6 Å². The van der Waals surface area contributed by atoms with E-state index in [0.717, 1.165) is 25.9 Å². The van der Waals surface area contributed by atoms with E-state index in [2.05, 4.69) is 20.5 Å². The Balaban J connectivity index is 1.34. The van der Waals surface area contributed by atoms with Crippen molar-refractivity contribution >= 4 is 72.0 Å². The summed E-state index contributed by atoms with van der Waals surface area (Å²) < 4.78 is 3.50. The van der Waals surface area contributed by atoms with Crippen molar-refractivity contribution < 1.29 is 0 Å². The first-order valence-electron chi connectivity index (χ1n) is 8.55. The molecule has 0 aliphatic heterocycles.